The van der Waals surface area contributed by atoms with E-state index in [1.165, 1.54) is 24.0 Å². The van der Waals surface area contributed by atoms with Crippen molar-refractivity contribution in [2.24, 2.45) is 0 Å². The molecule has 0 aromatic heterocycles. The Bertz CT molecular complexity index is 324. The molecule has 1 aliphatic carbocycles. The molecule has 0 N–H and O–H groups in total. The highest BCUT2D eigenvalue weighted by atomic mass is 16.5. The second kappa shape index (κ2) is 3.64. The molecule has 1 saturated carbocycles. The summed E-state index contributed by atoms with van der Waals surface area (Å²) >= 11 is 0. The minimum atomic E-state index is 0.622. The topological polar surface area (TPSA) is 9.23 Å². The average Bonchev–Trinajstić information content (AvgIpc) is 3.00. The molecule has 14 heavy (non-hydrogen) atoms. The van der Waals surface area contributed by atoms with Crippen molar-refractivity contribution in [2.45, 2.75) is 38.5 Å². The normalized spacial score (nSPS) is 16.0. The van der Waals surface area contributed by atoms with Gasteiger partial charge in [-0.1, -0.05) is 19.9 Å². The highest BCUT2D eigenvalue weighted by Gasteiger charge is 2.26. The SMILES string of the molecule is COc1ccc(C(C)C)c(C2CC2)c1. The number of ether oxygens (including phenoxy) is 1. The van der Waals surface area contributed by atoms with Gasteiger partial charge in [0.05, 0.1) is 7.11 Å². The van der Waals surface area contributed by atoms with Gasteiger partial charge in [0.15, 0.2) is 0 Å². The summed E-state index contributed by atoms with van der Waals surface area (Å²) in [5, 5.41) is 0. The minimum absolute atomic E-state index is 0.622. The Balaban J connectivity index is 2.38. The van der Waals surface area contributed by atoms with E-state index in [-0.39, 0.29) is 0 Å². The van der Waals surface area contributed by atoms with Gasteiger partial charge in [0.25, 0.3) is 0 Å². The molecule has 0 bridgehead atoms. The van der Waals surface area contributed by atoms with Gasteiger partial charge in [-0.05, 0) is 47.9 Å². The first-order chi connectivity index (χ1) is 6.72. The molecule has 1 aromatic rings. The van der Waals surface area contributed by atoms with Crippen LogP contribution in [0.5, 0.6) is 5.75 Å². The molecule has 0 saturated heterocycles. The van der Waals surface area contributed by atoms with Crippen molar-refractivity contribution in [3.63, 3.8) is 0 Å². The van der Waals surface area contributed by atoms with E-state index in [4.69, 9.17) is 4.74 Å². The van der Waals surface area contributed by atoms with Gasteiger partial charge in [-0.25, -0.2) is 0 Å². The van der Waals surface area contributed by atoms with Crippen molar-refractivity contribution >= 4 is 0 Å². The lowest BCUT2D eigenvalue weighted by molar-refractivity contribution is 0.414. The van der Waals surface area contributed by atoms with Crippen LogP contribution in [0.25, 0.3) is 0 Å². The van der Waals surface area contributed by atoms with Crippen molar-refractivity contribution < 1.29 is 4.74 Å². The summed E-state index contributed by atoms with van der Waals surface area (Å²) in [6.07, 6.45) is 2.71. The van der Waals surface area contributed by atoms with Crippen LogP contribution < -0.4 is 4.74 Å². The predicted octanol–water partition coefficient (Wildman–Crippen LogP) is 3.70. The van der Waals surface area contributed by atoms with Gasteiger partial charge in [0.1, 0.15) is 5.75 Å². The van der Waals surface area contributed by atoms with Crippen molar-refractivity contribution in [3.8, 4) is 5.75 Å². The molecule has 0 atom stereocenters. The number of hydrogen-bond acceptors (Lipinski definition) is 1. The van der Waals surface area contributed by atoms with Crippen LogP contribution in [0, 0.1) is 0 Å². The standard InChI is InChI=1S/C13H18O/c1-9(2)12-7-6-11(14-3)8-13(12)10-4-5-10/h6-10H,4-5H2,1-3H3. The molecule has 76 valence electrons. The second-order valence-corrected chi connectivity index (χ2v) is 4.42. The molecular formula is C13H18O. The lowest BCUT2D eigenvalue weighted by Gasteiger charge is -2.13. The van der Waals surface area contributed by atoms with Crippen LogP contribution in [-0.4, -0.2) is 7.11 Å². The third kappa shape index (κ3) is 1.77. The summed E-state index contributed by atoms with van der Waals surface area (Å²) in [7, 11) is 1.74. The zero-order chi connectivity index (χ0) is 10.1. The first kappa shape index (κ1) is 9.57. The largest absolute Gasteiger partial charge is 0.497 e. The molecule has 0 radical (unpaired) electrons. The molecule has 1 aromatic carbocycles. The van der Waals surface area contributed by atoms with Crippen molar-refractivity contribution in [3.05, 3.63) is 29.3 Å². The zero-order valence-corrected chi connectivity index (χ0v) is 9.21. The zero-order valence-electron chi connectivity index (χ0n) is 9.21. The van der Waals surface area contributed by atoms with E-state index in [0.717, 1.165) is 11.7 Å². The van der Waals surface area contributed by atoms with Crippen LogP contribution >= 0.6 is 0 Å². The first-order valence-electron chi connectivity index (χ1n) is 5.40. The molecule has 1 fully saturated rings. The fraction of sp³-hybridized carbons (Fsp3) is 0.538. The summed E-state index contributed by atoms with van der Waals surface area (Å²) in [6, 6.07) is 6.51. The fourth-order valence-corrected chi connectivity index (χ4v) is 1.95. The minimum Gasteiger partial charge on any atom is -0.497 e. The molecule has 0 aliphatic heterocycles. The van der Waals surface area contributed by atoms with Crippen LogP contribution in [0.15, 0.2) is 18.2 Å². The van der Waals surface area contributed by atoms with E-state index < -0.39 is 0 Å². The first-order valence-corrected chi connectivity index (χ1v) is 5.40. The number of benzene rings is 1. The maximum atomic E-state index is 5.27. The quantitative estimate of drug-likeness (QED) is 0.706. The molecule has 1 heteroatoms. The summed E-state index contributed by atoms with van der Waals surface area (Å²) < 4.78 is 5.27. The van der Waals surface area contributed by atoms with E-state index in [1.54, 1.807) is 7.11 Å². The van der Waals surface area contributed by atoms with Crippen molar-refractivity contribution in [1.29, 1.82) is 0 Å². The van der Waals surface area contributed by atoms with Crippen LogP contribution in [0.3, 0.4) is 0 Å². The van der Waals surface area contributed by atoms with Gasteiger partial charge in [0, 0.05) is 0 Å². The summed E-state index contributed by atoms with van der Waals surface area (Å²) in [4.78, 5) is 0. The van der Waals surface area contributed by atoms with Crippen LogP contribution in [0.4, 0.5) is 0 Å². The van der Waals surface area contributed by atoms with Crippen molar-refractivity contribution in [2.75, 3.05) is 7.11 Å². The summed E-state index contributed by atoms with van der Waals surface area (Å²) in [5.41, 5.74) is 3.01. The number of methoxy groups -OCH3 is 1. The van der Waals surface area contributed by atoms with Crippen LogP contribution in [0.2, 0.25) is 0 Å². The molecule has 0 amide bonds. The molecule has 0 spiro atoms. The number of hydrogen-bond donors (Lipinski definition) is 0. The van der Waals surface area contributed by atoms with Gasteiger partial charge >= 0.3 is 0 Å². The third-order valence-electron chi connectivity index (χ3n) is 2.93. The van der Waals surface area contributed by atoms with E-state index in [0.29, 0.717) is 5.92 Å². The summed E-state index contributed by atoms with van der Waals surface area (Å²) in [5.74, 6) is 2.43. The lowest BCUT2D eigenvalue weighted by atomic mass is 9.94. The molecule has 0 heterocycles. The lowest BCUT2D eigenvalue weighted by Crippen LogP contribution is -1.95. The maximum absolute atomic E-state index is 5.27. The van der Waals surface area contributed by atoms with Gasteiger partial charge in [-0.3, -0.25) is 0 Å². The van der Waals surface area contributed by atoms with E-state index in [9.17, 15) is 0 Å². The summed E-state index contributed by atoms with van der Waals surface area (Å²) in [6.45, 7) is 4.52. The monoisotopic (exact) mass is 190 g/mol. The Kier molecular flexibility index (Phi) is 2.49. The van der Waals surface area contributed by atoms with Crippen LogP contribution in [-0.2, 0) is 0 Å². The molecule has 1 nitrogen and oxygen atoms in total. The van der Waals surface area contributed by atoms with Gasteiger partial charge in [0.2, 0.25) is 0 Å². The molecule has 2 rings (SSSR count). The predicted molar refractivity (Wildman–Crippen MR) is 59.1 cm³/mol. The Morgan fingerprint density at radius 1 is 1.29 bits per heavy atom. The van der Waals surface area contributed by atoms with Crippen molar-refractivity contribution in [1.82, 2.24) is 0 Å². The highest BCUT2D eigenvalue weighted by Crippen LogP contribution is 2.44. The number of rotatable bonds is 3. The van der Waals surface area contributed by atoms with E-state index >= 15 is 0 Å². The van der Waals surface area contributed by atoms with Gasteiger partial charge < -0.3 is 4.74 Å². The van der Waals surface area contributed by atoms with E-state index in [2.05, 4.69) is 32.0 Å². The molecular weight excluding hydrogens is 172 g/mol. The van der Waals surface area contributed by atoms with Crippen LogP contribution in [0.1, 0.15) is 49.7 Å². The van der Waals surface area contributed by atoms with Gasteiger partial charge in [-0.15, -0.1) is 0 Å². The smallest absolute Gasteiger partial charge is 0.119 e. The second-order valence-electron chi connectivity index (χ2n) is 4.42. The molecule has 1 aliphatic rings. The molecule has 0 unspecified atom stereocenters. The maximum Gasteiger partial charge on any atom is 0.119 e. The average molecular weight is 190 g/mol. The Morgan fingerprint density at radius 2 is 2.00 bits per heavy atom. The third-order valence-corrected chi connectivity index (χ3v) is 2.93. The Hall–Kier alpha value is -0.980. The Labute approximate surface area is 86.1 Å². The Morgan fingerprint density at radius 3 is 2.50 bits per heavy atom. The van der Waals surface area contributed by atoms with E-state index in [1.807, 2.05) is 0 Å². The highest BCUT2D eigenvalue weighted by molar-refractivity contribution is 5.41. The fourth-order valence-electron chi connectivity index (χ4n) is 1.95. The van der Waals surface area contributed by atoms with Gasteiger partial charge in [-0.2, -0.15) is 0 Å².